The van der Waals surface area contributed by atoms with Gasteiger partial charge in [-0.15, -0.1) is 5.10 Å². The van der Waals surface area contributed by atoms with Crippen molar-refractivity contribution in [3.63, 3.8) is 0 Å². The van der Waals surface area contributed by atoms with Gasteiger partial charge >= 0.3 is 0 Å². The van der Waals surface area contributed by atoms with E-state index in [2.05, 4.69) is 64.8 Å². The van der Waals surface area contributed by atoms with Crippen LogP contribution >= 0.6 is 0 Å². The summed E-state index contributed by atoms with van der Waals surface area (Å²) in [6.45, 7) is 7.43. The Morgan fingerprint density at radius 3 is 2.39 bits per heavy atom. The lowest BCUT2D eigenvalue weighted by atomic mass is 10.0. The Kier molecular flexibility index (Phi) is 6.78. The predicted octanol–water partition coefficient (Wildman–Crippen LogP) is 4.34. The highest BCUT2D eigenvalue weighted by molar-refractivity contribution is 5.64. The molecule has 0 saturated carbocycles. The molecule has 0 atom stereocenters. The third-order valence-electron chi connectivity index (χ3n) is 3.88. The SMILES string of the molecule is CCCCCNc1cnnc(Nc2c(CC)cccc2CC)n1. The molecule has 0 amide bonds. The summed E-state index contributed by atoms with van der Waals surface area (Å²) in [4.78, 5) is 4.52. The Hall–Kier alpha value is -2.17. The lowest BCUT2D eigenvalue weighted by Crippen LogP contribution is -2.08. The fourth-order valence-electron chi connectivity index (χ4n) is 2.55. The fraction of sp³-hybridized carbons (Fsp3) is 0.500. The van der Waals surface area contributed by atoms with Gasteiger partial charge in [0.1, 0.15) is 0 Å². The summed E-state index contributed by atoms with van der Waals surface area (Å²) in [5, 5.41) is 14.8. The summed E-state index contributed by atoms with van der Waals surface area (Å²) in [5.74, 6) is 1.31. The van der Waals surface area contributed by atoms with E-state index < -0.39 is 0 Å². The molecule has 0 radical (unpaired) electrons. The third-order valence-corrected chi connectivity index (χ3v) is 3.88. The van der Waals surface area contributed by atoms with Gasteiger partial charge in [-0.3, -0.25) is 0 Å². The van der Waals surface area contributed by atoms with E-state index in [1.54, 1.807) is 6.20 Å². The van der Waals surface area contributed by atoms with Crippen molar-refractivity contribution in [3.05, 3.63) is 35.5 Å². The zero-order chi connectivity index (χ0) is 16.5. The Labute approximate surface area is 139 Å². The van der Waals surface area contributed by atoms with Crippen LogP contribution in [0.3, 0.4) is 0 Å². The van der Waals surface area contributed by atoms with E-state index in [4.69, 9.17) is 0 Å². The van der Waals surface area contributed by atoms with Crippen molar-refractivity contribution in [3.8, 4) is 0 Å². The number of anilines is 3. The van der Waals surface area contributed by atoms with Crippen LogP contribution in [0.1, 0.15) is 51.2 Å². The van der Waals surface area contributed by atoms with Crippen molar-refractivity contribution in [2.24, 2.45) is 0 Å². The third kappa shape index (κ3) is 4.91. The second kappa shape index (κ2) is 9.08. The second-order valence-electron chi connectivity index (χ2n) is 5.58. The van der Waals surface area contributed by atoms with E-state index in [0.717, 1.165) is 37.3 Å². The summed E-state index contributed by atoms with van der Waals surface area (Å²) in [5.41, 5.74) is 3.66. The molecule has 5 nitrogen and oxygen atoms in total. The van der Waals surface area contributed by atoms with Crippen LogP contribution < -0.4 is 10.6 Å². The molecule has 1 aromatic carbocycles. The highest BCUT2D eigenvalue weighted by atomic mass is 15.3. The summed E-state index contributed by atoms with van der Waals surface area (Å²) in [6.07, 6.45) is 7.19. The summed E-state index contributed by atoms with van der Waals surface area (Å²) < 4.78 is 0. The smallest absolute Gasteiger partial charge is 0.249 e. The lowest BCUT2D eigenvalue weighted by molar-refractivity contribution is 0.741. The van der Waals surface area contributed by atoms with E-state index in [1.165, 1.54) is 24.0 Å². The van der Waals surface area contributed by atoms with Gasteiger partial charge in [0.2, 0.25) is 5.95 Å². The molecular formula is C18H27N5. The quantitative estimate of drug-likeness (QED) is 0.674. The first-order valence-corrected chi connectivity index (χ1v) is 8.59. The first-order valence-electron chi connectivity index (χ1n) is 8.59. The first-order chi connectivity index (χ1) is 11.3. The molecule has 5 heteroatoms. The largest absolute Gasteiger partial charge is 0.369 e. The van der Waals surface area contributed by atoms with Crippen LogP contribution in [0.5, 0.6) is 0 Å². The van der Waals surface area contributed by atoms with Crippen LogP contribution in [0, 0.1) is 0 Å². The van der Waals surface area contributed by atoms with Crippen LogP contribution in [0.25, 0.3) is 0 Å². The molecule has 1 heterocycles. The van der Waals surface area contributed by atoms with Gasteiger partial charge in [-0.25, -0.2) is 0 Å². The van der Waals surface area contributed by atoms with Gasteiger partial charge in [-0.1, -0.05) is 51.8 Å². The van der Waals surface area contributed by atoms with Crippen LogP contribution in [0.2, 0.25) is 0 Å². The molecule has 2 rings (SSSR count). The minimum absolute atomic E-state index is 0.543. The van der Waals surface area contributed by atoms with Gasteiger partial charge in [-0.05, 0) is 30.4 Å². The van der Waals surface area contributed by atoms with Gasteiger partial charge in [-0.2, -0.15) is 10.1 Å². The maximum absolute atomic E-state index is 4.52. The van der Waals surface area contributed by atoms with Crippen LogP contribution in [-0.2, 0) is 12.8 Å². The number of hydrogen-bond acceptors (Lipinski definition) is 5. The van der Waals surface area contributed by atoms with E-state index in [-0.39, 0.29) is 0 Å². The van der Waals surface area contributed by atoms with Gasteiger partial charge < -0.3 is 10.6 Å². The second-order valence-corrected chi connectivity index (χ2v) is 5.58. The predicted molar refractivity (Wildman–Crippen MR) is 96.3 cm³/mol. The number of nitrogens with one attached hydrogen (secondary N) is 2. The zero-order valence-corrected chi connectivity index (χ0v) is 14.4. The van der Waals surface area contributed by atoms with Crippen molar-refractivity contribution >= 4 is 17.5 Å². The van der Waals surface area contributed by atoms with E-state index in [0.29, 0.717) is 5.95 Å². The number of rotatable bonds is 9. The van der Waals surface area contributed by atoms with E-state index >= 15 is 0 Å². The molecule has 0 saturated heterocycles. The number of aryl methyl sites for hydroxylation is 2. The molecule has 23 heavy (non-hydrogen) atoms. The molecule has 0 bridgehead atoms. The lowest BCUT2D eigenvalue weighted by Gasteiger charge is -2.14. The minimum atomic E-state index is 0.543. The van der Waals surface area contributed by atoms with Crippen LogP contribution in [0.15, 0.2) is 24.4 Å². The molecule has 124 valence electrons. The van der Waals surface area contributed by atoms with Crippen molar-refractivity contribution in [2.45, 2.75) is 52.9 Å². The molecule has 2 N–H and O–H groups in total. The Balaban J connectivity index is 2.11. The number of benzene rings is 1. The number of unbranched alkanes of at least 4 members (excludes halogenated alkanes) is 2. The maximum atomic E-state index is 4.52. The number of aromatic nitrogens is 3. The minimum Gasteiger partial charge on any atom is -0.369 e. The van der Waals surface area contributed by atoms with E-state index in [9.17, 15) is 0 Å². The topological polar surface area (TPSA) is 62.7 Å². The number of para-hydroxylation sites is 1. The average molecular weight is 313 g/mol. The Morgan fingerprint density at radius 1 is 1.00 bits per heavy atom. The number of nitrogens with zero attached hydrogens (tertiary/aromatic N) is 3. The van der Waals surface area contributed by atoms with Gasteiger partial charge in [0.05, 0.1) is 6.20 Å². The summed E-state index contributed by atoms with van der Waals surface area (Å²) in [6, 6.07) is 6.39. The van der Waals surface area contributed by atoms with Crippen LogP contribution in [-0.4, -0.2) is 21.7 Å². The number of hydrogen-bond donors (Lipinski definition) is 2. The molecule has 0 spiro atoms. The van der Waals surface area contributed by atoms with Gasteiger partial charge in [0, 0.05) is 12.2 Å². The standard InChI is InChI=1S/C18H27N5/c1-4-7-8-12-19-16-13-20-23-18(21-16)22-17-14(5-2)10-9-11-15(17)6-3/h9-11,13H,4-8,12H2,1-3H3,(H2,19,21,22,23). The van der Waals surface area contributed by atoms with Crippen LogP contribution in [0.4, 0.5) is 17.5 Å². The Morgan fingerprint density at radius 2 is 1.74 bits per heavy atom. The van der Waals surface area contributed by atoms with Gasteiger partial charge in [0.15, 0.2) is 5.82 Å². The Bertz CT molecular complexity index is 590. The molecule has 0 fully saturated rings. The summed E-state index contributed by atoms with van der Waals surface area (Å²) in [7, 11) is 0. The van der Waals surface area contributed by atoms with Crippen molar-refractivity contribution in [1.29, 1.82) is 0 Å². The molecular weight excluding hydrogens is 286 g/mol. The normalized spacial score (nSPS) is 10.6. The van der Waals surface area contributed by atoms with Gasteiger partial charge in [0.25, 0.3) is 0 Å². The monoisotopic (exact) mass is 313 g/mol. The van der Waals surface area contributed by atoms with Crippen molar-refractivity contribution in [1.82, 2.24) is 15.2 Å². The molecule has 0 unspecified atom stereocenters. The highest BCUT2D eigenvalue weighted by Gasteiger charge is 2.08. The molecule has 1 aromatic heterocycles. The molecule has 2 aromatic rings. The van der Waals surface area contributed by atoms with Crippen molar-refractivity contribution in [2.75, 3.05) is 17.2 Å². The van der Waals surface area contributed by atoms with Crippen molar-refractivity contribution < 1.29 is 0 Å². The average Bonchev–Trinajstić information content (AvgIpc) is 2.59. The first kappa shape index (κ1) is 17.2. The fourth-order valence-corrected chi connectivity index (χ4v) is 2.55. The molecule has 0 aliphatic carbocycles. The zero-order valence-electron chi connectivity index (χ0n) is 14.4. The maximum Gasteiger partial charge on any atom is 0.249 e. The van der Waals surface area contributed by atoms with E-state index in [1.807, 2.05) is 0 Å². The highest BCUT2D eigenvalue weighted by Crippen LogP contribution is 2.25. The molecule has 0 aliphatic rings. The summed E-state index contributed by atoms with van der Waals surface area (Å²) >= 11 is 0. The molecule has 0 aliphatic heterocycles.